The maximum Gasteiger partial charge on any atom is 0.416 e. The normalized spacial score (nSPS) is 18.3. The maximum atomic E-state index is 13.1. The van der Waals surface area contributed by atoms with Crippen LogP contribution in [0.4, 0.5) is 24.7 Å². The van der Waals surface area contributed by atoms with Crippen molar-refractivity contribution in [3.63, 3.8) is 0 Å². The van der Waals surface area contributed by atoms with E-state index in [1.165, 1.54) is 0 Å². The molecule has 2 aromatic carbocycles. The minimum absolute atomic E-state index is 0.00631. The Balaban J connectivity index is 1.14. The molecule has 0 spiro atoms. The lowest BCUT2D eigenvalue weighted by atomic mass is 9.89. The smallest absolute Gasteiger partial charge is 0.354 e. The van der Waals surface area contributed by atoms with Gasteiger partial charge in [0.2, 0.25) is 5.91 Å². The van der Waals surface area contributed by atoms with Gasteiger partial charge in [0.15, 0.2) is 5.82 Å². The van der Waals surface area contributed by atoms with Gasteiger partial charge >= 0.3 is 6.18 Å². The molecule has 0 aliphatic carbocycles. The SMILES string of the molecule is O=C(Nc1ccc(C2CCN(C(=O)c3cc(C(F)(F)F)ccc3Cl)CC2)cc1)C1CCN(c2cccnn2)C1. The average molecular weight is 558 g/mol. The van der Waals surface area contributed by atoms with Crippen LogP contribution in [0.5, 0.6) is 0 Å². The molecule has 1 atom stereocenters. The molecule has 0 saturated carbocycles. The number of piperidine rings is 1. The van der Waals surface area contributed by atoms with Crippen molar-refractivity contribution in [3.8, 4) is 0 Å². The van der Waals surface area contributed by atoms with Crippen molar-refractivity contribution >= 4 is 34.9 Å². The second kappa shape index (κ2) is 11.2. The number of anilines is 2. The third kappa shape index (κ3) is 6.16. The number of amides is 2. The molecule has 5 rings (SSSR count). The van der Waals surface area contributed by atoms with E-state index in [1.54, 1.807) is 11.1 Å². The molecule has 7 nitrogen and oxygen atoms in total. The van der Waals surface area contributed by atoms with Gasteiger partial charge in [-0.15, -0.1) is 5.10 Å². The molecule has 204 valence electrons. The van der Waals surface area contributed by atoms with Crippen molar-refractivity contribution in [1.29, 1.82) is 0 Å². The summed E-state index contributed by atoms with van der Waals surface area (Å²) in [6, 6.07) is 14.2. The van der Waals surface area contributed by atoms with Gasteiger partial charge in [-0.05, 0) is 73.2 Å². The Hall–Kier alpha value is -3.66. The van der Waals surface area contributed by atoms with Gasteiger partial charge in [0, 0.05) is 38.1 Å². The molecule has 0 radical (unpaired) electrons. The van der Waals surface area contributed by atoms with E-state index in [1.807, 2.05) is 36.4 Å². The number of nitrogens with zero attached hydrogens (tertiary/aromatic N) is 4. The van der Waals surface area contributed by atoms with E-state index in [0.29, 0.717) is 38.2 Å². The van der Waals surface area contributed by atoms with Gasteiger partial charge in [-0.25, -0.2) is 0 Å². The van der Waals surface area contributed by atoms with Gasteiger partial charge < -0.3 is 15.1 Å². The number of halogens is 4. The Morgan fingerprint density at radius 1 is 0.974 bits per heavy atom. The highest BCUT2D eigenvalue weighted by Crippen LogP contribution is 2.34. The van der Waals surface area contributed by atoms with Crippen molar-refractivity contribution in [2.45, 2.75) is 31.4 Å². The Kier molecular flexibility index (Phi) is 7.74. The fourth-order valence-corrected chi connectivity index (χ4v) is 5.38. The Morgan fingerprint density at radius 3 is 2.38 bits per heavy atom. The van der Waals surface area contributed by atoms with Crippen LogP contribution >= 0.6 is 11.6 Å². The lowest BCUT2D eigenvalue weighted by Crippen LogP contribution is -2.38. The number of rotatable bonds is 5. The molecule has 3 heterocycles. The first kappa shape index (κ1) is 26.9. The van der Waals surface area contributed by atoms with Crippen LogP contribution in [0.15, 0.2) is 60.8 Å². The summed E-state index contributed by atoms with van der Waals surface area (Å²) >= 11 is 6.06. The summed E-state index contributed by atoms with van der Waals surface area (Å²) in [5, 5.41) is 11.0. The molecule has 39 heavy (non-hydrogen) atoms. The number of aromatic nitrogens is 2. The van der Waals surface area contributed by atoms with Crippen molar-refractivity contribution < 1.29 is 22.8 Å². The standard InChI is InChI=1S/C28H27ClF3N5O2/c29-24-8-5-21(28(30,31)32)16-23(24)27(39)36-13-9-19(10-14-36)18-3-6-22(7-4-18)34-26(38)20-11-15-37(17-20)25-2-1-12-33-35-25/h1-8,12,16,19-20H,9-11,13-15,17H2,(H,34,38). The van der Waals surface area contributed by atoms with Gasteiger partial charge in [0.25, 0.3) is 5.91 Å². The van der Waals surface area contributed by atoms with Crippen molar-refractivity contribution in [2.24, 2.45) is 5.92 Å². The lowest BCUT2D eigenvalue weighted by Gasteiger charge is -2.32. The number of carbonyl (C=O) groups excluding carboxylic acids is 2. The Morgan fingerprint density at radius 2 is 1.72 bits per heavy atom. The molecule has 2 fully saturated rings. The van der Waals surface area contributed by atoms with Crippen LogP contribution in [0.3, 0.4) is 0 Å². The largest absolute Gasteiger partial charge is 0.416 e. The van der Waals surface area contributed by atoms with E-state index >= 15 is 0 Å². The van der Waals surface area contributed by atoms with Crippen LogP contribution in [0.2, 0.25) is 5.02 Å². The summed E-state index contributed by atoms with van der Waals surface area (Å²) in [6.45, 7) is 2.17. The molecule has 2 aliphatic rings. The average Bonchev–Trinajstić information content (AvgIpc) is 3.44. The first-order valence-electron chi connectivity index (χ1n) is 12.8. The van der Waals surface area contributed by atoms with E-state index in [9.17, 15) is 22.8 Å². The summed E-state index contributed by atoms with van der Waals surface area (Å²) in [5.74, 6) is 0.300. The van der Waals surface area contributed by atoms with E-state index in [0.717, 1.165) is 42.5 Å². The van der Waals surface area contributed by atoms with Crippen LogP contribution in [-0.2, 0) is 11.0 Å². The third-order valence-corrected chi connectivity index (χ3v) is 7.73. The number of carbonyl (C=O) groups is 2. The summed E-state index contributed by atoms with van der Waals surface area (Å²) in [5.41, 5.74) is 0.778. The molecule has 1 aromatic heterocycles. The highest BCUT2D eigenvalue weighted by atomic mass is 35.5. The number of alkyl halides is 3. The number of benzene rings is 2. The van der Waals surface area contributed by atoms with E-state index in [-0.39, 0.29) is 28.3 Å². The first-order valence-corrected chi connectivity index (χ1v) is 13.2. The molecule has 2 aliphatic heterocycles. The number of hydrogen-bond acceptors (Lipinski definition) is 5. The Labute approximate surface area is 229 Å². The highest BCUT2D eigenvalue weighted by molar-refractivity contribution is 6.33. The van der Waals surface area contributed by atoms with Crippen LogP contribution < -0.4 is 10.2 Å². The molecule has 2 amide bonds. The Bertz CT molecular complexity index is 1330. The zero-order valence-electron chi connectivity index (χ0n) is 21.0. The van der Waals surface area contributed by atoms with Gasteiger partial charge in [0.1, 0.15) is 0 Å². The molecule has 3 aromatic rings. The molecule has 1 unspecified atom stereocenters. The fraction of sp³-hybridized carbons (Fsp3) is 0.357. The van der Waals surface area contributed by atoms with Gasteiger partial charge in [-0.2, -0.15) is 18.3 Å². The minimum Gasteiger partial charge on any atom is -0.354 e. The summed E-state index contributed by atoms with van der Waals surface area (Å²) in [4.78, 5) is 29.3. The van der Waals surface area contributed by atoms with E-state index < -0.39 is 17.6 Å². The third-order valence-electron chi connectivity index (χ3n) is 7.40. The first-order chi connectivity index (χ1) is 18.7. The zero-order valence-corrected chi connectivity index (χ0v) is 21.8. The quantitative estimate of drug-likeness (QED) is 0.440. The number of likely N-dealkylation sites (tertiary alicyclic amines) is 1. The predicted molar refractivity (Wildman–Crippen MR) is 142 cm³/mol. The topological polar surface area (TPSA) is 78.4 Å². The van der Waals surface area contributed by atoms with Gasteiger partial charge in [-0.3, -0.25) is 9.59 Å². The molecule has 11 heteroatoms. The molecule has 2 saturated heterocycles. The molecule has 1 N–H and O–H groups in total. The number of hydrogen-bond donors (Lipinski definition) is 1. The minimum atomic E-state index is -4.55. The van der Waals surface area contributed by atoms with E-state index in [2.05, 4.69) is 20.4 Å². The monoisotopic (exact) mass is 557 g/mol. The van der Waals surface area contributed by atoms with Gasteiger partial charge in [-0.1, -0.05) is 23.7 Å². The van der Waals surface area contributed by atoms with E-state index in [4.69, 9.17) is 11.6 Å². The van der Waals surface area contributed by atoms with Crippen molar-refractivity contribution in [2.75, 3.05) is 36.4 Å². The molecule has 0 bridgehead atoms. The second-order valence-electron chi connectivity index (χ2n) is 9.88. The molecular formula is C28H27ClF3N5O2. The fourth-order valence-electron chi connectivity index (χ4n) is 5.18. The van der Waals surface area contributed by atoms with Crippen LogP contribution in [0.25, 0.3) is 0 Å². The van der Waals surface area contributed by atoms with Crippen LogP contribution in [0, 0.1) is 5.92 Å². The van der Waals surface area contributed by atoms with Crippen molar-refractivity contribution in [1.82, 2.24) is 15.1 Å². The van der Waals surface area contributed by atoms with Gasteiger partial charge in [0.05, 0.1) is 22.1 Å². The summed E-state index contributed by atoms with van der Waals surface area (Å²) in [6.07, 6.45) is -0.841. The van der Waals surface area contributed by atoms with Crippen molar-refractivity contribution in [3.05, 3.63) is 82.5 Å². The van der Waals surface area contributed by atoms with Crippen LogP contribution in [0.1, 0.15) is 46.7 Å². The van der Waals surface area contributed by atoms with Crippen LogP contribution in [-0.4, -0.2) is 53.1 Å². The molecular weight excluding hydrogens is 531 g/mol. The maximum absolute atomic E-state index is 13.1. The second-order valence-corrected chi connectivity index (χ2v) is 10.3. The number of nitrogens with one attached hydrogen (secondary N) is 1. The highest BCUT2D eigenvalue weighted by Gasteiger charge is 2.33. The lowest BCUT2D eigenvalue weighted by molar-refractivity contribution is -0.137. The predicted octanol–water partition coefficient (Wildman–Crippen LogP) is 5.63. The zero-order chi connectivity index (χ0) is 27.6. The summed E-state index contributed by atoms with van der Waals surface area (Å²) in [7, 11) is 0. The summed E-state index contributed by atoms with van der Waals surface area (Å²) < 4.78 is 39.3.